The van der Waals surface area contributed by atoms with Crippen molar-refractivity contribution in [2.75, 3.05) is 6.61 Å². The van der Waals surface area contributed by atoms with Gasteiger partial charge in [0.25, 0.3) is 5.92 Å². The van der Waals surface area contributed by atoms with Crippen molar-refractivity contribution in [3.63, 3.8) is 0 Å². The molecule has 0 bridgehead atoms. The Balaban J connectivity index is 1.56. The van der Waals surface area contributed by atoms with Gasteiger partial charge in [0.1, 0.15) is 11.4 Å². The normalized spacial score (nSPS) is 11.8. The van der Waals surface area contributed by atoms with Crippen LogP contribution in [0.2, 0.25) is 10.4 Å². The Kier molecular flexibility index (Phi) is 6.32. The summed E-state index contributed by atoms with van der Waals surface area (Å²) in [6.45, 7) is 2.40. The first-order valence-electron chi connectivity index (χ1n) is 9.83. The molecule has 0 aliphatic rings. The average Bonchev–Trinajstić information content (AvgIpc) is 3.26. The van der Waals surface area contributed by atoms with Crippen LogP contribution >= 0.6 is 23.2 Å². The number of fused-ring (bicyclic) bond motifs is 1. The molecule has 0 amide bonds. The summed E-state index contributed by atoms with van der Waals surface area (Å²) in [6.07, 6.45) is 3.02. The fraction of sp³-hybridized carbons (Fsp3) is 0.316. The highest BCUT2D eigenvalue weighted by Gasteiger charge is 2.34. The van der Waals surface area contributed by atoms with Gasteiger partial charge in [-0.3, -0.25) is 15.1 Å². The van der Waals surface area contributed by atoms with E-state index in [1.54, 1.807) is 0 Å². The highest BCUT2D eigenvalue weighted by Crippen LogP contribution is 2.35. The second-order valence-electron chi connectivity index (χ2n) is 7.26. The Labute approximate surface area is 200 Å². The van der Waals surface area contributed by atoms with Crippen molar-refractivity contribution in [2.45, 2.75) is 32.7 Å². The van der Waals surface area contributed by atoms with E-state index in [1.807, 2.05) is 0 Å². The van der Waals surface area contributed by atoms with E-state index >= 15 is 0 Å². The van der Waals surface area contributed by atoms with Crippen LogP contribution in [0, 0.1) is 17.0 Å². The molecule has 4 rings (SSSR count). The maximum absolute atomic E-state index is 14.0. The smallest absolute Gasteiger partial charge is 0.353 e. The molecule has 34 heavy (non-hydrogen) atoms. The third-order valence-corrected chi connectivity index (χ3v) is 5.30. The van der Waals surface area contributed by atoms with Crippen molar-refractivity contribution in [3.05, 3.63) is 56.5 Å². The van der Waals surface area contributed by atoms with Crippen molar-refractivity contribution < 1.29 is 18.4 Å². The Morgan fingerprint density at radius 1 is 1.26 bits per heavy atom. The minimum absolute atomic E-state index is 0.0128. The number of nitro groups is 1. The van der Waals surface area contributed by atoms with E-state index in [9.17, 15) is 18.9 Å². The van der Waals surface area contributed by atoms with Gasteiger partial charge < -0.3 is 4.74 Å². The maximum Gasteiger partial charge on any atom is 0.353 e. The Bertz CT molecular complexity index is 1390. The van der Waals surface area contributed by atoms with Gasteiger partial charge in [-0.1, -0.05) is 11.6 Å². The van der Waals surface area contributed by atoms with E-state index in [4.69, 9.17) is 27.9 Å². The molecule has 0 spiro atoms. The summed E-state index contributed by atoms with van der Waals surface area (Å²) in [5.41, 5.74) is -0.624. The summed E-state index contributed by atoms with van der Waals surface area (Å²) in [6, 6.07) is 2.79. The van der Waals surface area contributed by atoms with Gasteiger partial charge in [0.05, 0.1) is 22.6 Å². The largest absolute Gasteiger partial charge is 0.472 e. The lowest BCUT2D eigenvalue weighted by Crippen LogP contribution is -2.15. The van der Waals surface area contributed by atoms with Crippen LogP contribution in [0.3, 0.4) is 0 Å². The van der Waals surface area contributed by atoms with Gasteiger partial charge in [-0.2, -0.15) is 18.9 Å². The number of hydrogen-bond donors (Lipinski definition) is 0. The van der Waals surface area contributed by atoms with Crippen molar-refractivity contribution in [1.29, 1.82) is 0 Å². The van der Waals surface area contributed by atoms with E-state index in [2.05, 4.69) is 25.1 Å². The molecule has 0 aromatic carbocycles. The van der Waals surface area contributed by atoms with Crippen LogP contribution in [0.15, 0.2) is 24.5 Å². The van der Waals surface area contributed by atoms with Crippen LogP contribution in [-0.4, -0.2) is 46.0 Å². The Morgan fingerprint density at radius 2 is 2.03 bits per heavy atom. The first kappa shape index (κ1) is 23.7. The van der Waals surface area contributed by atoms with E-state index in [0.29, 0.717) is 30.9 Å². The molecule has 15 heteroatoms. The first-order chi connectivity index (χ1) is 16.1. The summed E-state index contributed by atoms with van der Waals surface area (Å²) in [4.78, 5) is 22.7. The third kappa shape index (κ3) is 4.48. The number of aromatic nitrogens is 7. The van der Waals surface area contributed by atoms with Crippen LogP contribution < -0.4 is 4.74 Å². The number of ether oxygens (including phenoxy) is 1. The molecule has 0 saturated heterocycles. The van der Waals surface area contributed by atoms with Crippen LogP contribution in [0.4, 0.5) is 14.5 Å². The summed E-state index contributed by atoms with van der Waals surface area (Å²) >= 11 is 11.9. The van der Waals surface area contributed by atoms with E-state index in [-0.39, 0.29) is 34.3 Å². The number of alkyl halides is 2. The third-order valence-electron chi connectivity index (χ3n) is 4.83. The van der Waals surface area contributed by atoms with Crippen molar-refractivity contribution in [1.82, 2.24) is 34.5 Å². The molecule has 0 N–H and O–H groups in total. The highest BCUT2D eigenvalue weighted by molar-refractivity contribution is 6.34. The Hall–Kier alpha value is -3.45. The summed E-state index contributed by atoms with van der Waals surface area (Å²) < 4.78 is 36.2. The van der Waals surface area contributed by atoms with Crippen LogP contribution in [0.5, 0.6) is 5.88 Å². The summed E-state index contributed by atoms with van der Waals surface area (Å²) in [5, 5.41) is 20.7. The zero-order valence-corrected chi connectivity index (χ0v) is 19.3. The second kappa shape index (κ2) is 9.06. The molecule has 0 aliphatic carbocycles. The summed E-state index contributed by atoms with van der Waals surface area (Å²) in [7, 11) is 0. The molecule has 0 aliphatic heterocycles. The fourth-order valence-electron chi connectivity index (χ4n) is 3.36. The molecule has 4 heterocycles. The van der Waals surface area contributed by atoms with E-state index < -0.39 is 22.2 Å². The van der Waals surface area contributed by atoms with Crippen LogP contribution in [-0.2, 0) is 12.5 Å². The minimum atomic E-state index is -3.29. The standard InChI is InChI=1S/C19H16Cl2F2N8O3/c1-10-13(31(32)33)17(28-30(10)12-5-3-6-24-14(12)19(2,22)23)34-8-4-7-29-16-11(15(20)27-29)9-25-18(21)26-16/h3,5-6,9H,4,7-8H2,1-2H3. The second-order valence-corrected chi connectivity index (χ2v) is 7.96. The van der Waals surface area contributed by atoms with Gasteiger partial charge in [-0.05, 0) is 30.7 Å². The molecule has 11 nitrogen and oxygen atoms in total. The lowest BCUT2D eigenvalue weighted by Gasteiger charge is -2.14. The Morgan fingerprint density at radius 3 is 2.74 bits per heavy atom. The molecular formula is C19H16Cl2F2N8O3. The van der Waals surface area contributed by atoms with Crippen LogP contribution in [0.1, 0.15) is 24.7 Å². The highest BCUT2D eigenvalue weighted by atomic mass is 35.5. The molecule has 178 valence electrons. The molecule has 0 atom stereocenters. The van der Waals surface area contributed by atoms with E-state index in [1.165, 1.54) is 36.1 Å². The predicted molar refractivity (Wildman–Crippen MR) is 118 cm³/mol. The van der Waals surface area contributed by atoms with Gasteiger partial charge in [-0.15, -0.1) is 5.10 Å². The molecule has 0 unspecified atom stereocenters. The number of nitrogens with zero attached hydrogens (tertiary/aromatic N) is 8. The SMILES string of the molecule is Cc1c([N+](=O)[O-])c(OCCCn2nc(Cl)c3cnc(Cl)nc32)nn1-c1cccnc1C(C)(F)F. The van der Waals surface area contributed by atoms with Gasteiger partial charge in [0.15, 0.2) is 10.8 Å². The quantitative estimate of drug-likeness (QED) is 0.146. The van der Waals surface area contributed by atoms with E-state index in [0.717, 1.165) is 4.68 Å². The maximum atomic E-state index is 14.0. The lowest BCUT2D eigenvalue weighted by atomic mass is 10.2. The molecule has 4 aromatic rings. The number of rotatable bonds is 8. The zero-order chi connectivity index (χ0) is 24.6. The number of halogens is 4. The van der Waals surface area contributed by atoms with Gasteiger partial charge in [0, 0.05) is 32.3 Å². The fourth-order valence-corrected chi connectivity index (χ4v) is 3.71. The van der Waals surface area contributed by atoms with Gasteiger partial charge in [0.2, 0.25) is 5.28 Å². The monoisotopic (exact) mass is 512 g/mol. The molecule has 0 saturated carbocycles. The topological polar surface area (TPSA) is 127 Å². The van der Waals surface area contributed by atoms with Gasteiger partial charge >= 0.3 is 11.6 Å². The molecule has 0 fully saturated rings. The predicted octanol–water partition coefficient (Wildman–Crippen LogP) is 4.51. The average molecular weight is 513 g/mol. The first-order valence-corrected chi connectivity index (χ1v) is 10.6. The van der Waals surface area contributed by atoms with Crippen molar-refractivity contribution >= 4 is 39.9 Å². The number of pyridine rings is 1. The zero-order valence-electron chi connectivity index (χ0n) is 17.7. The summed E-state index contributed by atoms with van der Waals surface area (Å²) in [5.74, 6) is -3.59. The van der Waals surface area contributed by atoms with Crippen molar-refractivity contribution in [3.8, 4) is 11.6 Å². The molecule has 4 aromatic heterocycles. The number of aryl methyl sites for hydroxylation is 1. The van der Waals surface area contributed by atoms with Crippen LogP contribution in [0.25, 0.3) is 16.7 Å². The minimum Gasteiger partial charge on any atom is -0.472 e. The molecular weight excluding hydrogens is 497 g/mol. The van der Waals surface area contributed by atoms with Gasteiger partial charge in [-0.25, -0.2) is 14.3 Å². The lowest BCUT2D eigenvalue weighted by molar-refractivity contribution is -0.386. The van der Waals surface area contributed by atoms with Crippen molar-refractivity contribution in [2.24, 2.45) is 0 Å². The molecule has 0 radical (unpaired) electrons. The number of hydrogen-bond acceptors (Lipinski definition) is 8.